The minimum atomic E-state index is 0.0730. The molecule has 0 unspecified atom stereocenters. The van der Waals surface area contributed by atoms with Crippen LogP contribution in [0.5, 0.6) is 0 Å². The highest BCUT2D eigenvalue weighted by Crippen LogP contribution is 2.48. The van der Waals surface area contributed by atoms with E-state index in [4.69, 9.17) is 58.0 Å². The first kappa shape index (κ1) is 14.9. The second kappa shape index (κ2) is 5.86. The van der Waals surface area contributed by atoms with E-state index in [0.717, 1.165) is 0 Å². The molecule has 2 aromatic rings. The Kier molecular flexibility index (Phi) is 4.59. The zero-order valence-electron chi connectivity index (χ0n) is 9.05. The van der Waals surface area contributed by atoms with E-state index < -0.39 is 0 Å². The number of pyridine rings is 1. The smallest absolute Gasteiger partial charge is 0.152 e. The summed E-state index contributed by atoms with van der Waals surface area (Å²) in [6, 6.07) is 1.59. The molecule has 0 radical (unpaired) electrons. The lowest BCUT2D eigenvalue weighted by atomic mass is 10.0. The first-order valence-corrected chi connectivity index (χ1v) is 6.79. The van der Waals surface area contributed by atoms with E-state index >= 15 is 0 Å². The number of halogens is 5. The van der Waals surface area contributed by atoms with Gasteiger partial charge in [-0.3, -0.25) is 9.78 Å². The normalized spacial score (nSPS) is 10.6. The average Bonchev–Trinajstić information content (AvgIpc) is 2.44. The van der Waals surface area contributed by atoms with E-state index in [1.54, 1.807) is 6.07 Å². The van der Waals surface area contributed by atoms with Crippen LogP contribution in [-0.4, -0.2) is 11.3 Å². The number of carbonyl (C=O) groups excluding carboxylic acids is 1. The summed E-state index contributed by atoms with van der Waals surface area (Å²) >= 11 is 30.2. The van der Waals surface area contributed by atoms with Crippen molar-refractivity contribution in [1.29, 1.82) is 0 Å². The van der Waals surface area contributed by atoms with Crippen molar-refractivity contribution in [2.24, 2.45) is 0 Å². The van der Waals surface area contributed by atoms with Crippen LogP contribution in [0.3, 0.4) is 0 Å². The van der Waals surface area contributed by atoms with E-state index in [1.165, 1.54) is 12.4 Å². The molecule has 19 heavy (non-hydrogen) atoms. The van der Waals surface area contributed by atoms with Gasteiger partial charge in [0.1, 0.15) is 0 Å². The molecule has 1 heterocycles. The Morgan fingerprint density at radius 2 is 1.42 bits per heavy atom. The number of rotatable bonds is 2. The molecule has 2 nitrogen and oxygen atoms in total. The highest BCUT2D eigenvalue weighted by molar-refractivity contribution is 6.56. The lowest BCUT2D eigenvalue weighted by Crippen LogP contribution is -1.92. The SMILES string of the molecule is O=Cc1cnccc1-c1c(Cl)c(Cl)c(Cl)c(Cl)c1Cl. The summed E-state index contributed by atoms with van der Waals surface area (Å²) in [5, 5.41) is 0.511. The maximum absolute atomic E-state index is 11.0. The predicted octanol–water partition coefficient (Wildman–Crippen LogP) is 5.83. The Bertz CT molecular complexity index is 642. The Morgan fingerprint density at radius 3 is 1.95 bits per heavy atom. The summed E-state index contributed by atoms with van der Waals surface area (Å²) in [4.78, 5) is 14.9. The molecule has 0 saturated heterocycles. The first-order valence-electron chi connectivity index (χ1n) is 4.90. The van der Waals surface area contributed by atoms with Crippen molar-refractivity contribution in [3.8, 4) is 11.1 Å². The third kappa shape index (κ3) is 2.56. The van der Waals surface area contributed by atoms with Crippen LogP contribution >= 0.6 is 58.0 Å². The van der Waals surface area contributed by atoms with Crippen LogP contribution in [0, 0.1) is 0 Å². The molecular formula is C12H4Cl5NO. The van der Waals surface area contributed by atoms with Crippen molar-refractivity contribution in [1.82, 2.24) is 4.98 Å². The number of nitrogens with zero attached hydrogens (tertiary/aromatic N) is 1. The van der Waals surface area contributed by atoms with Crippen molar-refractivity contribution in [2.75, 3.05) is 0 Å². The minimum Gasteiger partial charge on any atom is -0.298 e. The molecule has 0 atom stereocenters. The molecule has 0 amide bonds. The monoisotopic (exact) mass is 353 g/mol. The van der Waals surface area contributed by atoms with Gasteiger partial charge in [-0.1, -0.05) is 58.0 Å². The van der Waals surface area contributed by atoms with E-state index in [0.29, 0.717) is 23.0 Å². The molecule has 0 fully saturated rings. The fourth-order valence-corrected chi connectivity index (χ4v) is 2.91. The molecule has 98 valence electrons. The molecule has 0 bridgehead atoms. The third-order valence-corrected chi connectivity index (χ3v) is 4.73. The van der Waals surface area contributed by atoms with Crippen LogP contribution < -0.4 is 0 Å². The van der Waals surface area contributed by atoms with Gasteiger partial charge in [-0.05, 0) is 11.6 Å². The molecule has 0 aliphatic heterocycles. The van der Waals surface area contributed by atoms with Gasteiger partial charge in [0.15, 0.2) is 6.29 Å². The maximum Gasteiger partial charge on any atom is 0.152 e. The van der Waals surface area contributed by atoms with Gasteiger partial charge in [-0.25, -0.2) is 0 Å². The maximum atomic E-state index is 11.0. The fraction of sp³-hybridized carbons (Fsp3) is 0. The lowest BCUT2D eigenvalue weighted by molar-refractivity contribution is 0.112. The molecule has 1 aromatic heterocycles. The van der Waals surface area contributed by atoms with Crippen LogP contribution in [0.25, 0.3) is 11.1 Å². The number of carbonyl (C=O) groups is 1. The van der Waals surface area contributed by atoms with Gasteiger partial charge in [0, 0.05) is 23.5 Å². The first-order chi connectivity index (χ1) is 8.99. The minimum absolute atomic E-state index is 0.0730. The molecule has 0 aliphatic carbocycles. The molecule has 7 heteroatoms. The third-order valence-electron chi connectivity index (χ3n) is 2.46. The van der Waals surface area contributed by atoms with E-state index in [2.05, 4.69) is 4.98 Å². The molecule has 0 saturated carbocycles. The Balaban J connectivity index is 2.87. The van der Waals surface area contributed by atoms with Gasteiger partial charge in [-0.15, -0.1) is 0 Å². The Morgan fingerprint density at radius 1 is 0.895 bits per heavy atom. The number of hydrogen-bond donors (Lipinski definition) is 0. The van der Waals surface area contributed by atoms with Crippen LogP contribution in [0.4, 0.5) is 0 Å². The summed E-state index contributed by atoms with van der Waals surface area (Å²) in [7, 11) is 0. The predicted molar refractivity (Wildman–Crippen MR) is 80.1 cm³/mol. The van der Waals surface area contributed by atoms with Gasteiger partial charge >= 0.3 is 0 Å². The van der Waals surface area contributed by atoms with Gasteiger partial charge in [0.05, 0.1) is 25.1 Å². The second-order valence-corrected chi connectivity index (χ2v) is 5.42. The van der Waals surface area contributed by atoms with Crippen LogP contribution in [0.15, 0.2) is 18.5 Å². The molecule has 1 aromatic carbocycles. The zero-order valence-corrected chi connectivity index (χ0v) is 12.8. The molecule has 2 rings (SSSR count). The zero-order chi connectivity index (χ0) is 14.2. The van der Waals surface area contributed by atoms with Gasteiger partial charge in [0.25, 0.3) is 0 Å². The highest BCUT2D eigenvalue weighted by Gasteiger charge is 2.21. The molecule has 0 aliphatic rings. The van der Waals surface area contributed by atoms with Crippen LogP contribution in [0.1, 0.15) is 10.4 Å². The van der Waals surface area contributed by atoms with Crippen molar-refractivity contribution >= 4 is 64.3 Å². The van der Waals surface area contributed by atoms with E-state index in [1.807, 2.05) is 0 Å². The molecule has 0 spiro atoms. The van der Waals surface area contributed by atoms with Crippen LogP contribution in [-0.2, 0) is 0 Å². The summed E-state index contributed by atoms with van der Waals surface area (Å²) < 4.78 is 0. The Labute approximate surface area is 134 Å². The van der Waals surface area contributed by atoms with E-state index in [9.17, 15) is 4.79 Å². The lowest BCUT2D eigenvalue weighted by Gasteiger charge is -2.13. The molecular weight excluding hydrogens is 351 g/mol. The number of aldehydes is 1. The van der Waals surface area contributed by atoms with Gasteiger partial charge < -0.3 is 0 Å². The van der Waals surface area contributed by atoms with Crippen LogP contribution in [0.2, 0.25) is 25.1 Å². The summed E-state index contributed by atoms with van der Waals surface area (Å²) in [5.41, 5.74) is 1.16. The second-order valence-electron chi connectivity index (χ2n) is 3.53. The van der Waals surface area contributed by atoms with Gasteiger partial charge in [0.2, 0.25) is 0 Å². The number of hydrogen-bond acceptors (Lipinski definition) is 2. The highest BCUT2D eigenvalue weighted by atomic mass is 35.5. The summed E-state index contributed by atoms with van der Waals surface area (Å²) in [6.07, 6.45) is 3.54. The summed E-state index contributed by atoms with van der Waals surface area (Å²) in [5.74, 6) is 0. The number of benzene rings is 1. The molecule has 0 N–H and O–H groups in total. The fourth-order valence-electron chi connectivity index (χ4n) is 1.57. The average molecular weight is 355 g/mol. The van der Waals surface area contributed by atoms with Gasteiger partial charge in [-0.2, -0.15) is 0 Å². The topological polar surface area (TPSA) is 30.0 Å². The van der Waals surface area contributed by atoms with E-state index in [-0.39, 0.29) is 25.1 Å². The standard InChI is InChI=1S/C12H4Cl5NO/c13-8-7(6-1-2-18-3-5(6)4-19)9(14)11(16)12(17)10(8)15/h1-4H. The quantitative estimate of drug-likeness (QED) is 0.385. The Hall–Kier alpha value is -0.510. The number of aromatic nitrogens is 1. The largest absolute Gasteiger partial charge is 0.298 e. The van der Waals surface area contributed by atoms with Crippen molar-refractivity contribution in [3.05, 3.63) is 49.1 Å². The van der Waals surface area contributed by atoms with Crippen molar-refractivity contribution < 1.29 is 4.79 Å². The summed E-state index contributed by atoms with van der Waals surface area (Å²) in [6.45, 7) is 0. The van der Waals surface area contributed by atoms with Crippen molar-refractivity contribution in [3.63, 3.8) is 0 Å². The van der Waals surface area contributed by atoms with Crippen molar-refractivity contribution in [2.45, 2.75) is 0 Å².